The Kier molecular flexibility index (Phi) is 4.74. The molecule has 8 heteroatoms. The molecule has 0 saturated carbocycles. The molecular formula is C15H19N3O4S. The molecule has 0 saturated heterocycles. The fourth-order valence-electron chi connectivity index (χ4n) is 2.16. The number of nitrogens with zero attached hydrogens (tertiary/aromatic N) is 2. The Balaban J connectivity index is 2.26. The Hall–Kier alpha value is -2.35. The molecule has 0 aliphatic carbocycles. The molecular weight excluding hydrogens is 318 g/mol. The lowest BCUT2D eigenvalue weighted by molar-refractivity contribution is 0.404. The van der Waals surface area contributed by atoms with Gasteiger partial charge in [-0.05, 0) is 19.1 Å². The van der Waals surface area contributed by atoms with Gasteiger partial charge in [-0.15, -0.1) is 0 Å². The first-order valence-electron chi connectivity index (χ1n) is 6.86. The molecule has 2 rings (SSSR count). The SMILES string of the molecule is COc1c(C)[nH]cc(CN(C)c2ccc(S(C)(=O)=O)cn2)c1=O. The van der Waals surface area contributed by atoms with Crippen LogP contribution in [0.1, 0.15) is 11.3 Å². The third kappa shape index (κ3) is 3.70. The second-order valence-corrected chi connectivity index (χ2v) is 7.30. The number of aryl methyl sites for hydroxylation is 1. The van der Waals surface area contributed by atoms with Crippen molar-refractivity contribution in [1.29, 1.82) is 0 Å². The van der Waals surface area contributed by atoms with Gasteiger partial charge in [0.15, 0.2) is 15.6 Å². The molecule has 0 fully saturated rings. The number of anilines is 1. The van der Waals surface area contributed by atoms with Crippen LogP contribution in [0.15, 0.2) is 34.2 Å². The zero-order valence-electron chi connectivity index (χ0n) is 13.5. The summed E-state index contributed by atoms with van der Waals surface area (Å²) in [4.78, 5) is 21.3. The smallest absolute Gasteiger partial charge is 0.228 e. The molecule has 0 aromatic carbocycles. The Labute approximate surface area is 134 Å². The van der Waals surface area contributed by atoms with E-state index in [1.807, 2.05) is 0 Å². The lowest BCUT2D eigenvalue weighted by Crippen LogP contribution is -2.24. The molecule has 0 atom stereocenters. The van der Waals surface area contributed by atoms with Gasteiger partial charge in [0.05, 0.1) is 17.7 Å². The normalized spacial score (nSPS) is 11.3. The summed E-state index contributed by atoms with van der Waals surface area (Å²) < 4.78 is 28.0. The van der Waals surface area contributed by atoms with Gasteiger partial charge in [0.25, 0.3) is 0 Å². The third-order valence-corrected chi connectivity index (χ3v) is 4.55. The molecule has 0 spiro atoms. The summed E-state index contributed by atoms with van der Waals surface area (Å²) in [6.45, 7) is 2.08. The highest BCUT2D eigenvalue weighted by Crippen LogP contribution is 2.16. The first-order valence-corrected chi connectivity index (χ1v) is 8.75. The van der Waals surface area contributed by atoms with Crippen LogP contribution in [0.5, 0.6) is 5.75 Å². The molecule has 2 aromatic rings. The lowest BCUT2D eigenvalue weighted by atomic mass is 10.2. The predicted molar refractivity (Wildman–Crippen MR) is 87.8 cm³/mol. The summed E-state index contributed by atoms with van der Waals surface area (Å²) in [5, 5.41) is 0. The van der Waals surface area contributed by atoms with Crippen LogP contribution in [-0.4, -0.2) is 38.8 Å². The van der Waals surface area contributed by atoms with E-state index >= 15 is 0 Å². The van der Waals surface area contributed by atoms with E-state index in [1.54, 1.807) is 31.1 Å². The van der Waals surface area contributed by atoms with Gasteiger partial charge >= 0.3 is 0 Å². The average Bonchev–Trinajstić information content (AvgIpc) is 2.50. The van der Waals surface area contributed by atoms with E-state index in [4.69, 9.17) is 4.74 Å². The van der Waals surface area contributed by atoms with Crippen LogP contribution in [0.3, 0.4) is 0 Å². The minimum atomic E-state index is -3.28. The van der Waals surface area contributed by atoms with Crippen molar-refractivity contribution in [3.63, 3.8) is 0 Å². The van der Waals surface area contributed by atoms with Crippen molar-refractivity contribution >= 4 is 15.7 Å². The van der Waals surface area contributed by atoms with Crippen molar-refractivity contribution in [3.8, 4) is 5.75 Å². The maximum atomic E-state index is 12.3. The Morgan fingerprint density at radius 2 is 2.04 bits per heavy atom. The highest BCUT2D eigenvalue weighted by molar-refractivity contribution is 7.90. The third-order valence-electron chi connectivity index (χ3n) is 3.45. The van der Waals surface area contributed by atoms with E-state index in [2.05, 4.69) is 9.97 Å². The average molecular weight is 337 g/mol. The number of aromatic nitrogens is 2. The largest absolute Gasteiger partial charge is 0.491 e. The molecule has 7 nitrogen and oxygen atoms in total. The van der Waals surface area contributed by atoms with Gasteiger partial charge in [0.2, 0.25) is 5.43 Å². The quantitative estimate of drug-likeness (QED) is 0.879. The molecule has 2 aromatic heterocycles. The number of H-pyrrole nitrogens is 1. The number of sulfone groups is 1. The Morgan fingerprint density at radius 1 is 1.35 bits per heavy atom. The van der Waals surface area contributed by atoms with Crippen LogP contribution < -0.4 is 15.1 Å². The maximum Gasteiger partial charge on any atom is 0.228 e. The summed E-state index contributed by atoms with van der Waals surface area (Å²) in [5.41, 5.74) is 1.02. The number of nitrogens with one attached hydrogen (secondary N) is 1. The number of pyridine rings is 2. The summed E-state index contributed by atoms with van der Waals surface area (Å²) in [7, 11) is -0.0503. The summed E-state index contributed by atoms with van der Waals surface area (Å²) in [6.07, 6.45) is 4.08. The highest BCUT2D eigenvalue weighted by Gasteiger charge is 2.13. The second-order valence-electron chi connectivity index (χ2n) is 5.28. The van der Waals surface area contributed by atoms with Gasteiger partial charge in [0.1, 0.15) is 5.82 Å². The monoisotopic (exact) mass is 337 g/mol. The van der Waals surface area contributed by atoms with Crippen LogP contribution >= 0.6 is 0 Å². The zero-order chi connectivity index (χ0) is 17.2. The van der Waals surface area contributed by atoms with Crippen LogP contribution in [0.25, 0.3) is 0 Å². The minimum Gasteiger partial charge on any atom is -0.491 e. The summed E-state index contributed by atoms with van der Waals surface area (Å²) >= 11 is 0. The van der Waals surface area contributed by atoms with E-state index in [0.29, 0.717) is 23.6 Å². The van der Waals surface area contributed by atoms with Gasteiger partial charge in [-0.2, -0.15) is 0 Å². The molecule has 2 heterocycles. The zero-order valence-corrected chi connectivity index (χ0v) is 14.3. The van der Waals surface area contributed by atoms with Gasteiger partial charge in [-0.1, -0.05) is 0 Å². The molecule has 23 heavy (non-hydrogen) atoms. The molecule has 0 radical (unpaired) electrons. The van der Waals surface area contributed by atoms with Crippen molar-refractivity contribution in [2.24, 2.45) is 0 Å². The molecule has 0 aliphatic heterocycles. The highest BCUT2D eigenvalue weighted by atomic mass is 32.2. The first-order chi connectivity index (χ1) is 10.7. The van der Waals surface area contributed by atoms with E-state index in [9.17, 15) is 13.2 Å². The van der Waals surface area contributed by atoms with Crippen molar-refractivity contribution in [3.05, 3.63) is 46.0 Å². The van der Waals surface area contributed by atoms with Crippen LogP contribution in [0.4, 0.5) is 5.82 Å². The minimum absolute atomic E-state index is 0.157. The molecule has 0 amide bonds. The van der Waals surface area contributed by atoms with Crippen LogP contribution in [-0.2, 0) is 16.4 Å². The van der Waals surface area contributed by atoms with E-state index in [1.165, 1.54) is 19.4 Å². The van der Waals surface area contributed by atoms with Crippen LogP contribution in [0.2, 0.25) is 0 Å². The van der Waals surface area contributed by atoms with Crippen molar-refractivity contribution in [2.45, 2.75) is 18.4 Å². The Bertz CT molecular complexity index is 857. The fraction of sp³-hybridized carbons (Fsp3) is 0.333. The maximum absolute atomic E-state index is 12.3. The van der Waals surface area contributed by atoms with Gasteiger partial charge < -0.3 is 14.6 Å². The first kappa shape index (κ1) is 17.0. The number of methoxy groups -OCH3 is 1. The standard InChI is InChI=1S/C15H19N3O4S/c1-10-15(22-3)14(19)11(7-16-10)9-18(2)13-6-5-12(8-17-13)23(4,20)21/h5-8H,9H2,1-4H3,(H,16,19). The number of rotatable bonds is 5. The summed E-state index contributed by atoms with van der Waals surface area (Å²) in [5.74, 6) is 0.854. The fourth-order valence-corrected chi connectivity index (χ4v) is 2.72. The van der Waals surface area contributed by atoms with Gasteiger partial charge in [-0.25, -0.2) is 13.4 Å². The van der Waals surface area contributed by atoms with Crippen molar-refractivity contribution < 1.29 is 13.2 Å². The number of ether oxygens (including phenoxy) is 1. The topological polar surface area (TPSA) is 92.4 Å². The van der Waals surface area contributed by atoms with Crippen molar-refractivity contribution in [1.82, 2.24) is 9.97 Å². The van der Waals surface area contributed by atoms with Gasteiger partial charge in [0, 0.05) is 37.8 Å². The molecule has 124 valence electrons. The molecule has 1 N–H and O–H groups in total. The molecule has 0 bridgehead atoms. The summed E-state index contributed by atoms with van der Waals surface area (Å²) in [6, 6.07) is 3.10. The Morgan fingerprint density at radius 3 is 2.57 bits per heavy atom. The van der Waals surface area contributed by atoms with Gasteiger partial charge in [-0.3, -0.25) is 4.79 Å². The molecule has 0 unspecified atom stereocenters. The van der Waals surface area contributed by atoms with E-state index in [-0.39, 0.29) is 16.1 Å². The van der Waals surface area contributed by atoms with Crippen LogP contribution in [0, 0.1) is 6.92 Å². The molecule has 0 aliphatic rings. The van der Waals surface area contributed by atoms with E-state index < -0.39 is 9.84 Å². The number of hydrogen-bond acceptors (Lipinski definition) is 6. The predicted octanol–water partition coefficient (Wildman–Crippen LogP) is 1.13. The number of hydrogen-bond donors (Lipinski definition) is 1. The van der Waals surface area contributed by atoms with E-state index in [0.717, 1.165) is 6.26 Å². The lowest BCUT2D eigenvalue weighted by Gasteiger charge is -2.18. The van der Waals surface area contributed by atoms with Crippen molar-refractivity contribution in [2.75, 3.05) is 25.3 Å². The number of aromatic amines is 1. The second kappa shape index (κ2) is 6.41.